The fourth-order valence-corrected chi connectivity index (χ4v) is 3.46. The molecule has 6 heteroatoms. The van der Waals surface area contributed by atoms with Crippen LogP contribution in [0, 0.1) is 0 Å². The molecule has 0 saturated heterocycles. The summed E-state index contributed by atoms with van der Waals surface area (Å²) in [5.74, 6) is 0.355. The van der Waals surface area contributed by atoms with Crippen molar-refractivity contribution >= 4 is 22.6 Å². The number of halogens is 1. The Morgan fingerprint density at radius 2 is 1.97 bits per heavy atom. The molecular formula is C23H22ClN3O2. The van der Waals surface area contributed by atoms with Gasteiger partial charge in [0.2, 0.25) is 5.43 Å². The lowest BCUT2D eigenvalue weighted by atomic mass is 10.2. The number of imidazole rings is 1. The molecule has 0 spiro atoms. The van der Waals surface area contributed by atoms with Crippen LogP contribution in [0.15, 0.2) is 72.0 Å². The SMILES string of the molecule is CCCCOc1cn(-c2cccc3c2ncn3Cc2ccccc2Cl)ccc1=O. The Hall–Kier alpha value is -3.05. The smallest absolute Gasteiger partial charge is 0.223 e. The number of hydrogen-bond donors (Lipinski definition) is 0. The minimum Gasteiger partial charge on any atom is -0.488 e. The van der Waals surface area contributed by atoms with Crippen molar-refractivity contribution in [1.82, 2.24) is 14.1 Å². The van der Waals surface area contributed by atoms with Crippen molar-refractivity contribution in [2.24, 2.45) is 0 Å². The van der Waals surface area contributed by atoms with Gasteiger partial charge in [0, 0.05) is 17.3 Å². The van der Waals surface area contributed by atoms with E-state index in [1.165, 1.54) is 6.07 Å². The summed E-state index contributed by atoms with van der Waals surface area (Å²) in [6, 6.07) is 15.3. The molecule has 0 radical (unpaired) electrons. The molecule has 0 fully saturated rings. The normalized spacial score (nSPS) is 11.1. The van der Waals surface area contributed by atoms with Crippen LogP contribution in [0.2, 0.25) is 5.02 Å². The van der Waals surface area contributed by atoms with Gasteiger partial charge in [-0.15, -0.1) is 0 Å². The average Bonchev–Trinajstić information content (AvgIpc) is 3.14. The third-order valence-electron chi connectivity index (χ3n) is 4.85. The molecule has 0 N–H and O–H groups in total. The zero-order valence-corrected chi connectivity index (χ0v) is 17.0. The second kappa shape index (κ2) is 8.53. The van der Waals surface area contributed by atoms with Gasteiger partial charge in [-0.25, -0.2) is 4.98 Å². The minimum absolute atomic E-state index is 0.117. The molecule has 0 aliphatic carbocycles. The second-order valence-corrected chi connectivity index (χ2v) is 7.30. The van der Waals surface area contributed by atoms with Gasteiger partial charge in [-0.3, -0.25) is 4.79 Å². The van der Waals surface area contributed by atoms with Crippen LogP contribution in [0.3, 0.4) is 0 Å². The largest absolute Gasteiger partial charge is 0.488 e. The van der Waals surface area contributed by atoms with E-state index in [1.54, 1.807) is 12.4 Å². The van der Waals surface area contributed by atoms with E-state index in [0.717, 1.165) is 40.1 Å². The number of pyridine rings is 1. The Morgan fingerprint density at radius 1 is 1.10 bits per heavy atom. The molecule has 4 aromatic rings. The molecule has 29 heavy (non-hydrogen) atoms. The van der Waals surface area contributed by atoms with Gasteiger partial charge in [-0.1, -0.05) is 49.2 Å². The van der Waals surface area contributed by atoms with Crippen LogP contribution in [0.4, 0.5) is 0 Å². The Balaban J connectivity index is 1.71. The topological polar surface area (TPSA) is 49.0 Å². The number of nitrogens with zero attached hydrogens (tertiary/aromatic N) is 3. The van der Waals surface area contributed by atoms with Gasteiger partial charge in [-0.05, 0) is 30.2 Å². The Kier molecular flexibility index (Phi) is 5.67. The Bertz CT molecular complexity index is 1200. The summed E-state index contributed by atoms with van der Waals surface area (Å²) in [7, 11) is 0. The first-order valence-corrected chi connectivity index (χ1v) is 10.1. The number of fused-ring (bicyclic) bond motifs is 1. The molecule has 2 aromatic carbocycles. The van der Waals surface area contributed by atoms with E-state index in [0.29, 0.717) is 18.9 Å². The van der Waals surface area contributed by atoms with Crippen LogP contribution < -0.4 is 10.2 Å². The molecular weight excluding hydrogens is 386 g/mol. The maximum absolute atomic E-state index is 12.1. The predicted molar refractivity (Wildman–Crippen MR) is 116 cm³/mol. The van der Waals surface area contributed by atoms with Crippen LogP contribution in [0.25, 0.3) is 16.7 Å². The summed E-state index contributed by atoms with van der Waals surface area (Å²) in [4.78, 5) is 16.8. The number of rotatable bonds is 7. The van der Waals surface area contributed by atoms with E-state index >= 15 is 0 Å². The van der Waals surface area contributed by atoms with Crippen molar-refractivity contribution < 1.29 is 4.74 Å². The van der Waals surface area contributed by atoms with E-state index in [-0.39, 0.29) is 5.43 Å². The highest BCUT2D eigenvalue weighted by molar-refractivity contribution is 6.31. The quantitative estimate of drug-likeness (QED) is 0.402. The van der Waals surface area contributed by atoms with Crippen molar-refractivity contribution in [2.75, 3.05) is 6.61 Å². The number of aromatic nitrogens is 3. The first kappa shape index (κ1) is 19.3. The third kappa shape index (κ3) is 4.05. The summed E-state index contributed by atoms with van der Waals surface area (Å²) >= 11 is 6.32. The molecule has 0 amide bonds. The van der Waals surface area contributed by atoms with Crippen molar-refractivity contribution in [3.05, 3.63) is 88.1 Å². The van der Waals surface area contributed by atoms with Crippen LogP contribution >= 0.6 is 11.6 Å². The first-order valence-electron chi connectivity index (χ1n) is 9.70. The van der Waals surface area contributed by atoms with E-state index in [9.17, 15) is 4.79 Å². The molecule has 2 aromatic heterocycles. The summed E-state index contributed by atoms with van der Waals surface area (Å²) in [5.41, 5.74) is 3.65. The van der Waals surface area contributed by atoms with Crippen LogP contribution in [-0.2, 0) is 6.54 Å². The van der Waals surface area contributed by atoms with Crippen molar-refractivity contribution in [3.63, 3.8) is 0 Å². The van der Waals surface area contributed by atoms with Crippen molar-refractivity contribution in [2.45, 2.75) is 26.3 Å². The molecule has 0 aliphatic heterocycles. The number of unbranched alkanes of at least 4 members (excludes halogenated alkanes) is 1. The standard InChI is InChI=1S/C23H22ClN3O2/c1-2-3-13-29-22-15-26(12-11-21(22)28)19-9-6-10-20-23(19)25-16-27(20)14-17-7-4-5-8-18(17)24/h4-12,15-16H,2-3,13-14H2,1H3. The minimum atomic E-state index is -0.117. The molecule has 4 rings (SSSR count). The van der Waals surface area contributed by atoms with E-state index in [2.05, 4.69) is 16.5 Å². The number of para-hydroxylation sites is 1. The second-order valence-electron chi connectivity index (χ2n) is 6.89. The highest BCUT2D eigenvalue weighted by Gasteiger charge is 2.11. The summed E-state index contributed by atoms with van der Waals surface area (Å²) in [5, 5.41) is 0.736. The maximum atomic E-state index is 12.1. The Labute approximate surface area is 174 Å². The zero-order chi connectivity index (χ0) is 20.2. The third-order valence-corrected chi connectivity index (χ3v) is 5.22. The van der Waals surface area contributed by atoms with Gasteiger partial charge in [-0.2, -0.15) is 0 Å². The fraction of sp³-hybridized carbons (Fsp3) is 0.217. The van der Waals surface area contributed by atoms with Crippen LogP contribution in [0.5, 0.6) is 5.75 Å². The van der Waals surface area contributed by atoms with Crippen LogP contribution in [-0.4, -0.2) is 20.7 Å². The van der Waals surface area contributed by atoms with Crippen molar-refractivity contribution in [1.29, 1.82) is 0 Å². The van der Waals surface area contributed by atoms with Crippen molar-refractivity contribution in [3.8, 4) is 11.4 Å². The number of ether oxygens (including phenoxy) is 1. The maximum Gasteiger partial charge on any atom is 0.223 e. The lowest BCUT2D eigenvalue weighted by Crippen LogP contribution is -2.11. The zero-order valence-electron chi connectivity index (χ0n) is 16.2. The van der Waals surface area contributed by atoms with Gasteiger partial charge in [0.05, 0.1) is 36.9 Å². The van der Waals surface area contributed by atoms with E-state index in [4.69, 9.17) is 16.3 Å². The van der Waals surface area contributed by atoms with Gasteiger partial charge in [0.15, 0.2) is 5.75 Å². The molecule has 0 bridgehead atoms. The lowest BCUT2D eigenvalue weighted by Gasteiger charge is -2.11. The summed E-state index contributed by atoms with van der Waals surface area (Å²) < 4.78 is 9.63. The van der Waals surface area contributed by atoms with Gasteiger partial charge in [0.25, 0.3) is 0 Å². The molecule has 148 valence electrons. The van der Waals surface area contributed by atoms with E-state index in [1.807, 2.05) is 53.4 Å². The Morgan fingerprint density at radius 3 is 2.79 bits per heavy atom. The predicted octanol–water partition coefficient (Wildman–Crippen LogP) is 5.07. The summed E-state index contributed by atoms with van der Waals surface area (Å²) in [6.45, 7) is 3.26. The van der Waals surface area contributed by atoms with Gasteiger partial charge < -0.3 is 13.9 Å². The van der Waals surface area contributed by atoms with Crippen LogP contribution in [0.1, 0.15) is 25.3 Å². The average molecular weight is 408 g/mol. The molecule has 0 unspecified atom stereocenters. The molecule has 0 atom stereocenters. The number of hydrogen-bond acceptors (Lipinski definition) is 3. The monoisotopic (exact) mass is 407 g/mol. The first-order chi connectivity index (χ1) is 14.2. The molecule has 0 saturated carbocycles. The molecule has 2 heterocycles. The van der Waals surface area contributed by atoms with Gasteiger partial charge in [0.1, 0.15) is 5.52 Å². The van der Waals surface area contributed by atoms with E-state index < -0.39 is 0 Å². The summed E-state index contributed by atoms with van der Waals surface area (Å²) in [6.07, 6.45) is 7.23. The lowest BCUT2D eigenvalue weighted by molar-refractivity contribution is 0.305. The highest BCUT2D eigenvalue weighted by atomic mass is 35.5. The number of benzene rings is 2. The molecule has 0 aliphatic rings. The fourth-order valence-electron chi connectivity index (χ4n) is 3.27. The highest BCUT2D eigenvalue weighted by Crippen LogP contribution is 2.24. The molecule has 5 nitrogen and oxygen atoms in total. The van der Waals surface area contributed by atoms with Gasteiger partial charge >= 0.3 is 0 Å².